The Balaban J connectivity index is 0.000000122. The Morgan fingerprint density at radius 1 is 0.429 bits per heavy atom. The molecule has 0 unspecified atom stereocenters. The first-order chi connectivity index (χ1) is 13.7. The van der Waals surface area contributed by atoms with Crippen LogP contribution in [0.25, 0.3) is 43.9 Å². The average Bonchev–Trinajstić information content (AvgIpc) is 3.26. The standard InChI is InChI=1S/2C12H7BrO/c2*13-8-5-6-12-10(7-8)9-3-1-2-4-11(9)14-12/h2*1-7H. The summed E-state index contributed by atoms with van der Waals surface area (Å²) in [6.07, 6.45) is 0. The SMILES string of the molecule is Brc1ccc2oc3ccccc3c2c1.Brc1ccc2oc3ccccc3c2c1. The summed E-state index contributed by atoms with van der Waals surface area (Å²) in [7, 11) is 0. The largest absolute Gasteiger partial charge is 0.456 e. The minimum atomic E-state index is 0.939. The summed E-state index contributed by atoms with van der Waals surface area (Å²) >= 11 is 6.92. The van der Waals surface area contributed by atoms with Gasteiger partial charge < -0.3 is 8.83 Å². The highest BCUT2D eigenvalue weighted by Gasteiger charge is 2.06. The van der Waals surface area contributed by atoms with E-state index in [0.29, 0.717) is 0 Å². The molecule has 0 saturated carbocycles. The van der Waals surface area contributed by atoms with Crippen molar-refractivity contribution in [1.82, 2.24) is 0 Å². The molecule has 2 heterocycles. The zero-order chi connectivity index (χ0) is 19.1. The molecule has 2 aromatic heterocycles. The van der Waals surface area contributed by atoms with Gasteiger partial charge in [-0.15, -0.1) is 0 Å². The van der Waals surface area contributed by atoms with Gasteiger partial charge in [-0.3, -0.25) is 0 Å². The topological polar surface area (TPSA) is 26.3 Å². The van der Waals surface area contributed by atoms with E-state index < -0.39 is 0 Å². The predicted molar refractivity (Wildman–Crippen MR) is 123 cm³/mol. The summed E-state index contributed by atoms with van der Waals surface area (Å²) in [5.41, 5.74) is 3.77. The van der Waals surface area contributed by atoms with Crippen LogP contribution in [0.4, 0.5) is 0 Å². The van der Waals surface area contributed by atoms with Crippen molar-refractivity contribution in [3.63, 3.8) is 0 Å². The lowest BCUT2D eigenvalue weighted by atomic mass is 10.2. The van der Waals surface area contributed by atoms with Gasteiger partial charge in [0.1, 0.15) is 22.3 Å². The molecule has 0 aliphatic heterocycles. The molecule has 0 amide bonds. The van der Waals surface area contributed by atoms with Crippen LogP contribution in [0.5, 0.6) is 0 Å². The normalized spacial score (nSPS) is 11.2. The Morgan fingerprint density at radius 2 is 0.821 bits per heavy atom. The molecule has 4 heteroatoms. The molecule has 0 aliphatic rings. The van der Waals surface area contributed by atoms with E-state index in [1.54, 1.807) is 0 Å². The number of rotatable bonds is 0. The lowest BCUT2D eigenvalue weighted by Gasteiger charge is -1.89. The second kappa shape index (κ2) is 7.12. The van der Waals surface area contributed by atoms with Crippen LogP contribution >= 0.6 is 31.9 Å². The maximum Gasteiger partial charge on any atom is 0.135 e. The van der Waals surface area contributed by atoms with Crippen molar-refractivity contribution >= 4 is 75.7 Å². The summed E-state index contributed by atoms with van der Waals surface area (Å²) in [6, 6.07) is 28.3. The Labute approximate surface area is 178 Å². The third-order valence-electron chi connectivity index (χ3n) is 4.68. The molecule has 2 nitrogen and oxygen atoms in total. The number of benzene rings is 4. The molecule has 6 aromatic rings. The predicted octanol–water partition coefficient (Wildman–Crippen LogP) is 8.70. The van der Waals surface area contributed by atoms with Crippen molar-refractivity contribution in [2.45, 2.75) is 0 Å². The molecule has 0 N–H and O–H groups in total. The second-order valence-electron chi connectivity index (χ2n) is 6.48. The first-order valence-corrected chi connectivity index (χ1v) is 10.4. The first-order valence-electron chi connectivity index (χ1n) is 8.83. The highest BCUT2D eigenvalue weighted by molar-refractivity contribution is 9.10. The molecule has 0 saturated heterocycles. The summed E-state index contributed by atoms with van der Waals surface area (Å²) < 4.78 is 13.5. The van der Waals surface area contributed by atoms with Crippen molar-refractivity contribution in [2.75, 3.05) is 0 Å². The minimum absolute atomic E-state index is 0.939. The van der Waals surface area contributed by atoms with E-state index in [0.717, 1.165) is 42.0 Å². The van der Waals surface area contributed by atoms with Gasteiger partial charge in [-0.05, 0) is 48.5 Å². The number of furan rings is 2. The Morgan fingerprint density at radius 3 is 1.29 bits per heavy atom. The van der Waals surface area contributed by atoms with Crippen molar-refractivity contribution in [3.05, 3.63) is 93.9 Å². The van der Waals surface area contributed by atoms with Gasteiger partial charge in [-0.1, -0.05) is 68.3 Å². The zero-order valence-corrected chi connectivity index (χ0v) is 17.8. The van der Waals surface area contributed by atoms with E-state index in [2.05, 4.69) is 56.1 Å². The van der Waals surface area contributed by atoms with Gasteiger partial charge in [0.25, 0.3) is 0 Å². The molecule has 28 heavy (non-hydrogen) atoms. The molecule has 4 aromatic carbocycles. The highest BCUT2D eigenvalue weighted by atomic mass is 79.9. The molecule has 0 aliphatic carbocycles. The Bertz CT molecular complexity index is 1330. The molecular weight excluding hydrogens is 480 g/mol. The van der Waals surface area contributed by atoms with Crippen LogP contribution in [0.1, 0.15) is 0 Å². The average molecular weight is 494 g/mol. The van der Waals surface area contributed by atoms with Crippen molar-refractivity contribution in [2.24, 2.45) is 0 Å². The van der Waals surface area contributed by atoms with E-state index in [-0.39, 0.29) is 0 Å². The van der Waals surface area contributed by atoms with Gasteiger partial charge in [0.05, 0.1) is 0 Å². The summed E-state index contributed by atoms with van der Waals surface area (Å²) in [6.45, 7) is 0. The number of fused-ring (bicyclic) bond motifs is 6. The fourth-order valence-corrected chi connectivity index (χ4v) is 4.12. The van der Waals surface area contributed by atoms with E-state index >= 15 is 0 Å². The van der Waals surface area contributed by atoms with E-state index in [9.17, 15) is 0 Å². The molecular formula is C24H14Br2O2. The molecule has 136 valence electrons. The Kier molecular flexibility index (Phi) is 4.46. The third-order valence-corrected chi connectivity index (χ3v) is 5.66. The fourth-order valence-electron chi connectivity index (χ4n) is 3.40. The third kappa shape index (κ3) is 3.13. The van der Waals surface area contributed by atoms with Crippen molar-refractivity contribution in [3.8, 4) is 0 Å². The number of halogens is 2. The van der Waals surface area contributed by atoms with E-state index in [4.69, 9.17) is 8.83 Å². The first kappa shape index (κ1) is 17.5. The smallest absolute Gasteiger partial charge is 0.135 e. The minimum Gasteiger partial charge on any atom is -0.456 e. The van der Waals surface area contributed by atoms with Gasteiger partial charge in [0.15, 0.2) is 0 Å². The molecule has 6 rings (SSSR count). The van der Waals surface area contributed by atoms with Gasteiger partial charge in [0, 0.05) is 30.5 Å². The lowest BCUT2D eigenvalue weighted by Crippen LogP contribution is -1.66. The molecule has 0 radical (unpaired) electrons. The maximum absolute atomic E-state index is 5.69. The number of hydrogen-bond acceptors (Lipinski definition) is 2. The lowest BCUT2D eigenvalue weighted by molar-refractivity contribution is 0.668. The van der Waals surface area contributed by atoms with Crippen LogP contribution in [-0.2, 0) is 0 Å². The van der Waals surface area contributed by atoms with Crippen LogP contribution in [-0.4, -0.2) is 0 Å². The maximum atomic E-state index is 5.69. The van der Waals surface area contributed by atoms with Crippen LogP contribution in [0, 0.1) is 0 Å². The molecule has 0 bridgehead atoms. The number of hydrogen-bond donors (Lipinski definition) is 0. The zero-order valence-electron chi connectivity index (χ0n) is 14.7. The molecule has 0 fully saturated rings. The van der Waals surface area contributed by atoms with Gasteiger partial charge >= 0.3 is 0 Å². The van der Waals surface area contributed by atoms with E-state index in [1.807, 2.05) is 60.7 Å². The van der Waals surface area contributed by atoms with Gasteiger partial charge in [-0.2, -0.15) is 0 Å². The summed E-state index contributed by atoms with van der Waals surface area (Å²) in [5, 5.41) is 4.66. The van der Waals surface area contributed by atoms with Crippen LogP contribution in [0.15, 0.2) is 103 Å². The highest BCUT2D eigenvalue weighted by Crippen LogP contribution is 2.31. The fraction of sp³-hybridized carbons (Fsp3) is 0. The molecule has 0 spiro atoms. The van der Waals surface area contributed by atoms with Crippen LogP contribution in [0.2, 0.25) is 0 Å². The van der Waals surface area contributed by atoms with Crippen LogP contribution in [0.3, 0.4) is 0 Å². The van der Waals surface area contributed by atoms with E-state index in [1.165, 1.54) is 10.8 Å². The Hall–Kier alpha value is -2.56. The van der Waals surface area contributed by atoms with Crippen molar-refractivity contribution in [1.29, 1.82) is 0 Å². The summed E-state index contributed by atoms with van der Waals surface area (Å²) in [4.78, 5) is 0. The van der Waals surface area contributed by atoms with Gasteiger partial charge in [-0.25, -0.2) is 0 Å². The quantitative estimate of drug-likeness (QED) is 0.211. The van der Waals surface area contributed by atoms with Gasteiger partial charge in [0.2, 0.25) is 0 Å². The van der Waals surface area contributed by atoms with Crippen LogP contribution < -0.4 is 0 Å². The van der Waals surface area contributed by atoms with Crippen molar-refractivity contribution < 1.29 is 8.83 Å². The summed E-state index contributed by atoms with van der Waals surface area (Å²) in [5.74, 6) is 0. The molecule has 0 atom stereocenters. The second-order valence-corrected chi connectivity index (χ2v) is 8.31. The monoisotopic (exact) mass is 492 g/mol. The number of para-hydroxylation sites is 2.